The molecule has 3 aromatic heterocycles. The summed E-state index contributed by atoms with van der Waals surface area (Å²) in [6.45, 7) is 3.95. The summed E-state index contributed by atoms with van der Waals surface area (Å²) in [5.74, 6) is 1.06. The molecule has 3 N–H and O–H groups in total. The number of hydrogen-bond donors (Lipinski definition) is 3. The van der Waals surface area contributed by atoms with Gasteiger partial charge in [-0.3, -0.25) is 4.98 Å². The average Bonchev–Trinajstić information content (AvgIpc) is 3.89. The van der Waals surface area contributed by atoms with Gasteiger partial charge in [-0.25, -0.2) is 18.4 Å². The molecule has 0 spiro atoms. The largest absolute Gasteiger partial charge is 0.385 e. The van der Waals surface area contributed by atoms with E-state index >= 15 is 0 Å². The predicted octanol–water partition coefficient (Wildman–Crippen LogP) is 5.09. The summed E-state index contributed by atoms with van der Waals surface area (Å²) in [6, 6.07) is 11.5. The van der Waals surface area contributed by atoms with E-state index in [1.807, 2.05) is 49.5 Å². The first-order chi connectivity index (χ1) is 21.0. The van der Waals surface area contributed by atoms with Gasteiger partial charge in [-0.05, 0) is 57.6 Å². The fourth-order valence-corrected chi connectivity index (χ4v) is 8.52. The third-order valence-corrected chi connectivity index (χ3v) is 10.9. The van der Waals surface area contributed by atoms with E-state index in [0.29, 0.717) is 30.1 Å². The molecule has 10 nitrogen and oxygen atoms in total. The standard InChI is InChI=1S/C32H38N6O4S2/c1-18-25(30-37-27-23(43-30)13-14-33-26(27)20-9-10-20)29(38-31(34-18)35-22-11-12-22)36-24-15-21(17-44(3,40)41)28(32(24,2)39)42-16-19-7-5-4-6-8-19/h4-8,13-14,20-22,24,28,39H,9-12,15-17H2,1-3H3,(H2,34,35,36,38)/t21-,24?,28-,32+/m1/s1. The van der Waals surface area contributed by atoms with Crippen LogP contribution in [0.15, 0.2) is 42.6 Å². The van der Waals surface area contributed by atoms with Gasteiger partial charge in [0.25, 0.3) is 0 Å². The molecule has 1 aromatic carbocycles. The topological polar surface area (TPSA) is 139 Å². The Labute approximate surface area is 261 Å². The van der Waals surface area contributed by atoms with E-state index in [1.54, 1.807) is 18.3 Å². The minimum Gasteiger partial charge on any atom is -0.385 e. The van der Waals surface area contributed by atoms with Crippen LogP contribution in [0.5, 0.6) is 0 Å². The van der Waals surface area contributed by atoms with Crippen LogP contribution in [0.4, 0.5) is 11.8 Å². The van der Waals surface area contributed by atoms with Crippen molar-refractivity contribution in [3.8, 4) is 10.6 Å². The van der Waals surface area contributed by atoms with E-state index in [4.69, 9.17) is 19.7 Å². The van der Waals surface area contributed by atoms with Gasteiger partial charge in [0.2, 0.25) is 5.95 Å². The van der Waals surface area contributed by atoms with Crippen LogP contribution in [-0.4, -0.2) is 69.3 Å². The molecule has 3 heterocycles. The summed E-state index contributed by atoms with van der Waals surface area (Å²) in [5.41, 5.74) is 3.09. The Kier molecular flexibility index (Phi) is 7.59. The monoisotopic (exact) mass is 634 g/mol. The summed E-state index contributed by atoms with van der Waals surface area (Å²) in [6.07, 6.45) is 7.19. The number of fused-ring (bicyclic) bond motifs is 1. The van der Waals surface area contributed by atoms with Crippen LogP contribution >= 0.6 is 11.3 Å². The Morgan fingerprint density at radius 1 is 1.07 bits per heavy atom. The first-order valence-electron chi connectivity index (χ1n) is 15.3. The van der Waals surface area contributed by atoms with Crippen molar-refractivity contribution in [3.05, 3.63) is 59.5 Å². The minimum atomic E-state index is -3.33. The first kappa shape index (κ1) is 29.5. The number of sulfone groups is 1. The molecule has 0 bridgehead atoms. The number of nitrogens with zero attached hydrogens (tertiary/aromatic N) is 4. The quantitative estimate of drug-likeness (QED) is 0.204. The lowest BCUT2D eigenvalue weighted by molar-refractivity contribution is -0.102. The van der Waals surface area contributed by atoms with Crippen LogP contribution in [-0.2, 0) is 21.2 Å². The minimum absolute atomic E-state index is 0.0836. The summed E-state index contributed by atoms with van der Waals surface area (Å²) in [5, 5.41) is 19.8. The van der Waals surface area contributed by atoms with Crippen LogP contribution in [0.1, 0.15) is 61.9 Å². The number of rotatable bonds is 11. The zero-order chi connectivity index (χ0) is 30.6. The lowest BCUT2D eigenvalue weighted by Crippen LogP contribution is -2.49. The molecule has 3 aliphatic carbocycles. The maximum Gasteiger partial charge on any atom is 0.225 e. The third-order valence-electron chi connectivity index (χ3n) is 8.86. The highest BCUT2D eigenvalue weighted by Crippen LogP contribution is 2.46. The summed E-state index contributed by atoms with van der Waals surface area (Å²) in [7, 11) is -3.33. The van der Waals surface area contributed by atoms with Crippen molar-refractivity contribution in [2.24, 2.45) is 5.92 Å². The third kappa shape index (κ3) is 6.17. The lowest BCUT2D eigenvalue weighted by atomic mass is 9.96. The van der Waals surface area contributed by atoms with Crippen LogP contribution < -0.4 is 10.6 Å². The summed E-state index contributed by atoms with van der Waals surface area (Å²) < 4.78 is 32.4. The fourth-order valence-electron chi connectivity index (χ4n) is 6.37. The SMILES string of the molecule is Cc1nc(NC2CC2)nc(NC2C[C@H](CS(C)(=O)=O)[C@@H](OCc3ccccc3)[C@@]2(C)O)c1-c1nc2c(C3CC3)nccc2s1. The number of aryl methyl sites for hydroxylation is 1. The van der Waals surface area contributed by atoms with Crippen LogP contribution in [0.3, 0.4) is 0 Å². The number of anilines is 2. The van der Waals surface area contributed by atoms with E-state index in [0.717, 1.165) is 63.4 Å². The van der Waals surface area contributed by atoms with E-state index in [1.165, 1.54) is 6.26 Å². The number of hydrogen-bond acceptors (Lipinski definition) is 11. The van der Waals surface area contributed by atoms with Gasteiger partial charge in [0.15, 0.2) is 0 Å². The Morgan fingerprint density at radius 2 is 1.84 bits per heavy atom. The lowest BCUT2D eigenvalue weighted by Gasteiger charge is -2.33. The van der Waals surface area contributed by atoms with Gasteiger partial charge >= 0.3 is 0 Å². The molecular weight excluding hydrogens is 597 g/mol. The molecule has 12 heteroatoms. The van der Waals surface area contributed by atoms with Crippen LogP contribution in [0, 0.1) is 12.8 Å². The van der Waals surface area contributed by atoms with E-state index in [2.05, 4.69) is 15.6 Å². The Bertz CT molecular complexity index is 1790. The highest BCUT2D eigenvalue weighted by molar-refractivity contribution is 7.90. The molecule has 3 saturated carbocycles. The number of pyridine rings is 1. The highest BCUT2D eigenvalue weighted by Gasteiger charge is 2.53. The second kappa shape index (κ2) is 11.3. The van der Waals surface area contributed by atoms with Crippen LogP contribution in [0.25, 0.3) is 20.8 Å². The normalized spacial score (nSPS) is 25.4. The second-order valence-electron chi connectivity index (χ2n) is 12.8. The van der Waals surface area contributed by atoms with E-state index in [9.17, 15) is 13.5 Å². The predicted molar refractivity (Wildman–Crippen MR) is 173 cm³/mol. The zero-order valence-electron chi connectivity index (χ0n) is 25.2. The average molecular weight is 635 g/mol. The number of aliphatic hydroxyl groups is 1. The smallest absolute Gasteiger partial charge is 0.225 e. The molecule has 0 radical (unpaired) electrons. The molecule has 0 aliphatic heterocycles. The Morgan fingerprint density at radius 3 is 2.55 bits per heavy atom. The number of aromatic nitrogens is 4. The molecule has 232 valence electrons. The number of ether oxygens (including phenoxy) is 1. The van der Waals surface area contributed by atoms with Crippen molar-refractivity contribution in [1.29, 1.82) is 0 Å². The number of nitrogens with one attached hydrogen (secondary N) is 2. The molecule has 4 atom stereocenters. The van der Waals surface area contributed by atoms with Crippen molar-refractivity contribution >= 4 is 43.2 Å². The second-order valence-corrected chi connectivity index (χ2v) is 16.1. The van der Waals surface area contributed by atoms with Crippen molar-refractivity contribution in [2.45, 2.75) is 82.3 Å². The molecule has 0 saturated heterocycles. The van der Waals surface area contributed by atoms with Gasteiger partial charge in [-0.2, -0.15) is 4.98 Å². The van der Waals surface area contributed by atoms with Gasteiger partial charge in [0.05, 0.1) is 46.2 Å². The van der Waals surface area contributed by atoms with E-state index in [-0.39, 0.29) is 12.4 Å². The van der Waals surface area contributed by atoms with Gasteiger partial charge in [-0.15, -0.1) is 11.3 Å². The maximum absolute atomic E-state index is 12.5. The van der Waals surface area contributed by atoms with Gasteiger partial charge in [0.1, 0.15) is 31.8 Å². The summed E-state index contributed by atoms with van der Waals surface area (Å²) >= 11 is 1.58. The first-order valence-corrected chi connectivity index (χ1v) is 18.2. The molecule has 3 fully saturated rings. The van der Waals surface area contributed by atoms with Gasteiger partial charge in [-0.1, -0.05) is 30.3 Å². The Hall–Kier alpha value is -3.19. The van der Waals surface area contributed by atoms with Gasteiger partial charge in [0, 0.05) is 30.3 Å². The highest BCUT2D eigenvalue weighted by atomic mass is 32.2. The van der Waals surface area contributed by atoms with Gasteiger partial charge < -0.3 is 20.5 Å². The molecular formula is C32H38N6O4S2. The van der Waals surface area contributed by atoms with Crippen molar-refractivity contribution < 1.29 is 18.3 Å². The number of benzene rings is 1. The molecule has 1 unspecified atom stereocenters. The van der Waals surface area contributed by atoms with Crippen molar-refractivity contribution in [1.82, 2.24) is 19.9 Å². The fraction of sp³-hybridized carbons (Fsp3) is 0.500. The van der Waals surface area contributed by atoms with Crippen molar-refractivity contribution in [3.63, 3.8) is 0 Å². The van der Waals surface area contributed by atoms with E-state index < -0.39 is 33.5 Å². The van der Waals surface area contributed by atoms with Crippen LogP contribution in [0.2, 0.25) is 0 Å². The molecule has 3 aliphatic rings. The zero-order valence-corrected chi connectivity index (χ0v) is 26.8. The molecule has 0 amide bonds. The molecule has 4 aromatic rings. The number of thiazole rings is 1. The Balaban J connectivity index is 1.25. The summed E-state index contributed by atoms with van der Waals surface area (Å²) in [4.78, 5) is 19.5. The molecule has 44 heavy (non-hydrogen) atoms. The van der Waals surface area contributed by atoms with Crippen molar-refractivity contribution in [2.75, 3.05) is 22.6 Å². The molecule has 7 rings (SSSR count). The maximum atomic E-state index is 12.5.